The molecule has 2 aromatic rings. The minimum absolute atomic E-state index is 0.152. The predicted molar refractivity (Wildman–Crippen MR) is 88.9 cm³/mol. The number of hydrogen-bond acceptors (Lipinski definition) is 2. The van der Waals surface area contributed by atoms with Crippen molar-refractivity contribution in [2.24, 2.45) is 0 Å². The Balaban J connectivity index is 2.10. The number of rotatable bonds is 4. The second-order valence-corrected chi connectivity index (χ2v) is 5.36. The molecule has 0 saturated heterocycles. The van der Waals surface area contributed by atoms with E-state index in [0.29, 0.717) is 28.4 Å². The molecule has 0 aliphatic rings. The van der Waals surface area contributed by atoms with Crippen molar-refractivity contribution in [2.45, 2.75) is 6.92 Å². The van der Waals surface area contributed by atoms with Gasteiger partial charge in [0.15, 0.2) is 0 Å². The van der Waals surface area contributed by atoms with E-state index in [4.69, 9.17) is 23.2 Å². The molecule has 22 heavy (non-hydrogen) atoms. The van der Waals surface area contributed by atoms with Crippen molar-refractivity contribution in [3.05, 3.63) is 63.6 Å². The zero-order valence-corrected chi connectivity index (χ0v) is 13.3. The summed E-state index contributed by atoms with van der Waals surface area (Å²) in [5, 5.41) is 6.17. The lowest BCUT2D eigenvalue weighted by Crippen LogP contribution is -2.22. The highest BCUT2D eigenvalue weighted by molar-refractivity contribution is 6.37. The Morgan fingerprint density at radius 1 is 1.00 bits per heavy atom. The zero-order valence-electron chi connectivity index (χ0n) is 11.8. The smallest absolute Gasteiger partial charge is 0.257 e. The van der Waals surface area contributed by atoms with Crippen LogP contribution in [0.1, 0.15) is 27.6 Å². The summed E-state index contributed by atoms with van der Waals surface area (Å²) in [5.41, 5.74) is 1.44. The van der Waals surface area contributed by atoms with Gasteiger partial charge in [-0.1, -0.05) is 23.2 Å². The molecule has 6 heteroatoms. The first kappa shape index (κ1) is 16.3. The van der Waals surface area contributed by atoms with Crippen LogP contribution in [0.5, 0.6) is 0 Å². The van der Waals surface area contributed by atoms with Crippen LogP contribution in [-0.4, -0.2) is 18.4 Å². The zero-order chi connectivity index (χ0) is 16.1. The Labute approximate surface area is 138 Å². The van der Waals surface area contributed by atoms with E-state index in [9.17, 15) is 9.59 Å². The van der Waals surface area contributed by atoms with Crippen LogP contribution in [0.4, 0.5) is 5.69 Å². The van der Waals surface area contributed by atoms with E-state index in [1.807, 2.05) is 6.92 Å². The highest BCUT2D eigenvalue weighted by Crippen LogP contribution is 2.22. The van der Waals surface area contributed by atoms with E-state index in [2.05, 4.69) is 10.6 Å². The molecule has 2 rings (SSSR count). The molecule has 0 saturated carbocycles. The highest BCUT2D eigenvalue weighted by Gasteiger charge is 2.11. The van der Waals surface area contributed by atoms with Crippen molar-refractivity contribution >= 4 is 40.7 Å². The average molecular weight is 337 g/mol. The summed E-state index contributed by atoms with van der Waals surface area (Å²) in [6.07, 6.45) is 0. The third kappa shape index (κ3) is 4.00. The summed E-state index contributed by atoms with van der Waals surface area (Å²) in [4.78, 5) is 23.8. The number of carbonyl (C=O) groups is 2. The second kappa shape index (κ2) is 7.29. The van der Waals surface area contributed by atoms with Crippen molar-refractivity contribution in [3.63, 3.8) is 0 Å². The molecule has 2 aromatic carbocycles. The van der Waals surface area contributed by atoms with Gasteiger partial charge in [0, 0.05) is 22.8 Å². The van der Waals surface area contributed by atoms with Crippen LogP contribution in [-0.2, 0) is 0 Å². The first-order chi connectivity index (χ1) is 10.5. The molecule has 0 aliphatic heterocycles. The molecule has 0 radical (unpaired) electrons. The van der Waals surface area contributed by atoms with Gasteiger partial charge in [-0.25, -0.2) is 0 Å². The quantitative estimate of drug-likeness (QED) is 0.886. The maximum atomic E-state index is 12.1. The maximum absolute atomic E-state index is 12.1. The Morgan fingerprint density at radius 2 is 1.68 bits per heavy atom. The van der Waals surface area contributed by atoms with E-state index < -0.39 is 0 Å². The molecule has 0 aliphatic carbocycles. The topological polar surface area (TPSA) is 58.2 Å². The van der Waals surface area contributed by atoms with E-state index in [1.54, 1.807) is 36.4 Å². The summed E-state index contributed by atoms with van der Waals surface area (Å²) < 4.78 is 0. The molecule has 0 atom stereocenters. The fourth-order valence-corrected chi connectivity index (χ4v) is 2.33. The Bertz CT molecular complexity index is 700. The number of carbonyl (C=O) groups excluding carboxylic acids is 2. The molecule has 0 fully saturated rings. The Hall–Kier alpha value is -2.04. The standard InChI is InChI=1S/C16H14Cl2N2O2/c1-2-19-15(21)10-3-6-12(7-4-10)20-16(22)13-8-5-11(17)9-14(13)18/h3-9H,2H2,1H3,(H,19,21)(H,20,22). The van der Waals surface area contributed by atoms with Gasteiger partial charge in [0.25, 0.3) is 11.8 Å². The Kier molecular flexibility index (Phi) is 5.41. The first-order valence-corrected chi connectivity index (χ1v) is 7.41. The maximum Gasteiger partial charge on any atom is 0.257 e. The van der Waals surface area contributed by atoms with E-state index >= 15 is 0 Å². The van der Waals surface area contributed by atoms with Crippen molar-refractivity contribution < 1.29 is 9.59 Å². The predicted octanol–water partition coefficient (Wildman–Crippen LogP) is 4.00. The van der Waals surface area contributed by atoms with Gasteiger partial charge < -0.3 is 10.6 Å². The SMILES string of the molecule is CCNC(=O)c1ccc(NC(=O)c2ccc(Cl)cc2Cl)cc1. The average Bonchev–Trinajstić information content (AvgIpc) is 2.48. The summed E-state index contributed by atoms with van der Waals surface area (Å²) in [5.74, 6) is -0.492. The minimum Gasteiger partial charge on any atom is -0.352 e. The Morgan fingerprint density at radius 3 is 2.27 bits per heavy atom. The van der Waals surface area contributed by atoms with Crippen LogP contribution in [0.3, 0.4) is 0 Å². The minimum atomic E-state index is -0.340. The number of amides is 2. The number of hydrogen-bond donors (Lipinski definition) is 2. The van der Waals surface area contributed by atoms with E-state index in [0.717, 1.165) is 0 Å². The molecule has 114 valence electrons. The van der Waals surface area contributed by atoms with Gasteiger partial charge in [-0.15, -0.1) is 0 Å². The summed E-state index contributed by atoms with van der Waals surface area (Å²) >= 11 is 11.8. The first-order valence-electron chi connectivity index (χ1n) is 6.66. The van der Waals surface area contributed by atoms with Crippen LogP contribution < -0.4 is 10.6 Å². The normalized spacial score (nSPS) is 10.1. The van der Waals surface area contributed by atoms with Crippen LogP contribution in [0.25, 0.3) is 0 Å². The van der Waals surface area contributed by atoms with Crippen LogP contribution >= 0.6 is 23.2 Å². The number of halogens is 2. The lowest BCUT2D eigenvalue weighted by molar-refractivity contribution is 0.0955. The van der Waals surface area contributed by atoms with E-state index in [-0.39, 0.29) is 16.8 Å². The molecule has 0 unspecified atom stereocenters. The van der Waals surface area contributed by atoms with Crippen molar-refractivity contribution in [1.82, 2.24) is 5.32 Å². The lowest BCUT2D eigenvalue weighted by atomic mass is 10.1. The van der Waals surface area contributed by atoms with Crippen molar-refractivity contribution in [1.29, 1.82) is 0 Å². The van der Waals surface area contributed by atoms with Crippen LogP contribution in [0, 0.1) is 0 Å². The van der Waals surface area contributed by atoms with Gasteiger partial charge >= 0.3 is 0 Å². The van der Waals surface area contributed by atoms with Crippen LogP contribution in [0.15, 0.2) is 42.5 Å². The summed E-state index contributed by atoms with van der Waals surface area (Å²) in [7, 11) is 0. The summed E-state index contributed by atoms with van der Waals surface area (Å²) in [6, 6.07) is 11.3. The van der Waals surface area contributed by atoms with Gasteiger partial charge in [-0.05, 0) is 49.4 Å². The molecule has 0 aromatic heterocycles. The molecule has 0 heterocycles. The third-order valence-electron chi connectivity index (χ3n) is 2.92. The molecule has 2 N–H and O–H groups in total. The number of nitrogens with one attached hydrogen (secondary N) is 2. The van der Waals surface area contributed by atoms with Gasteiger partial charge in [0.05, 0.1) is 10.6 Å². The van der Waals surface area contributed by atoms with Crippen molar-refractivity contribution in [3.8, 4) is 0 Å². The summed E-state index contributed by atoms with van der Waals surface area (Å²) in [6.45, 7) is 2.41. The third-order valence-corrected chi connectivity index (χ3v) is 3.47. The molecule has 0 spiro atoms. The van der Waals surface area contributed by atoms with E-state index in [1.165, 1.54) is 6.07 Å². The monoisotopic (exact) mass is 336 g/mol. The fourth-order valence-electron chi connectivity index (χ4n) is 1.84. The molecule has 0 bridgehead atoms. The van der Waals surface area contributed by atoms with Gasteiger partial charge in [0.1, 0.15) is 0 Å². The second-order valence-electron chi connectivity index (χ2n) is 4.52. The molecular formula is C16H14Cl2N2O2. The molecule has 2 amide bonds. The fraction of sp³-hybridized carbons (Fsp3) is 0.125. The molecular weight excluding hydrogens is 323 g/mol. The molecule has 4 nitrogen and oxygen atoms in total. The van der Waals surface area contributed by atoms with Crippen LogP contribution in [0.2, 0.25) is 10.0 Å². The van der Waals surface area contributed by atoms with Gasteiger partial charge in [-0.3, -0.25) is 9.59 Å². The largest absolute Gasteiger partial charge is 0.352 e. The number of anilines is 1. The van der Waals surface area contributed by atoms with Crippen molar-refractivity contribution in [2.75, 3.05) is 11.9 Å². The highest BCUT2D eigenvalue weighted by atomic mass is 35.5. The number of benzene rings is 2. The van der Waals surface area contributed by atoms with Gasteiger partial charge in [0.2, 0.25) is 0 Å². The van der Waals surface area contributed by atoms with Gasteiger partial charge in [-0.2, -0.15) is 0 Å². The lowest BCUT2D eigenvalue weighted by Gasteiger charge is -2.08.